The van der Waals surface area contributed by atoms with Crippen LogP contribution in [0.2, 0.25) is 0 Å². The zero-order chi connectivity index (χ0) is 20.9. The first-order valence-corrected chi connectivity index (χ1v) is 9.95. The molecular weight excluding hydrogens is 376 g/mol. The average molecular weight is 400 g/mol. The Morgan fingerprint density at radius 3 is 2.67 bits per heavy atom. The van der Waals surface area contributed by atoms with Gasteiger partial charge in [0.15, 0.2) is 0 Å². The van der Waals surface area contributed by atoms with E-state index in [4.69, 9.17) is 10.2 Å². The summed E-state index contributed by atoms with van der Waals surface area (Å²) in [6, 6.07) is 11.9. The molecule has 1 N–H and O–H groups in total. The van der Waals surface area contributed by atoms with E-state index in [1.807, 2.05) is 55.7 Å². The number of aromatic nitrogens is 4. The number of pyridine rings is 2. The van der Waals surface area contributed by atoms with E-state index >= 15 is 0 Å². The van der Waals surface area contributed by atoms with Gasteiger partial charge in [-0.05, 0) is 43.7 Å². The highest BCUT2D eigenvalue weighted by atomic mass is 15.2. The van der Waals surface area contributed by atoms with Crippen LogP contribution in [-0.2, 0) is 6.54 Å². The lowest BCUT2D eigenvalue weighted by Gasteiger charge is -2.24. The van der Waals surface area contributed by atoms with Gasteiger partial charge in [-0.25, -0.2) is 19.9 Å². The van der Waals surface area contributed by atoms with Crippen molar-refractivity contribution >= 4 is 17.5 Å². The number of nitrogens with one attached hydrogen (secondary N) is 1. The minimum absolute atomic E-state index is 0.263. The summed E-state index contributed by atoms with van der Waals surface area (Å²) in [5.74, 6) is 1.49. The Morgan fingerprint density at radius 1 is 1.13 bits per heavy atom. The Morgan fingerprint density at radius 2 is 1.97 bits per heavy atom. The molecule has 1 aliphatic rings. The standard InChI is InChI=1S/C22H24N8/c1-29(2)22-25-12-16(13-26-22)15-30-10-4-6-20(30)19-5-3-7-21(28-19)27-18-9-8-17(11-23)24-14-18/h3,5,7-9,12-14,20H,4,6,10,15H2,1-2H3,(H,27,28)/t20-/m0/s1. The monoisotopic (exact) mass is 400 g/mol. The number of likely N-dealkylation sites (tertiary alicyclic amines) is 1. The summed E-state index contributed by atoms with van der Waals surface area (Å²) in [6.45, 7) is 1.83. The van der Waals surface area contributed by atoms with Gasteiger partial charge in [0.05, 0.1) is 23.6 Å². The summed E-state index contributed by atoms with van der Waals surface area (Å²) in [4.78, 5) is 22.1. The largest absolute Gasteiger partial charge is 0.347 e. The predicted molar refractivity (Wildman–Crippen MR) is 115 cm³/mol. The fourth-order valence-corrected chi connectivity index (χ4v) is 3.63. The number of hydrogen-bond donors (Lipinski definition) is 1. The molecule has 0 radical (unpaired) electrons. The maximum absolute atomic E-state index is 8.88. The van der Waals surface area contributed by atoms with Crippen molar-refractivity contribution in [3.63, 3.8) is 0 Å². The molecule has 8 heteroatoms. The maximum atomic E-state index is 8.88. The van der Waals surface area contributed by atoms with Crippen molar-refractivity contribution in [2.24, 2.45) is 0 Å². The van der Waals surface area contributed by atoms with Gasteiger partial charge in [-0.2, -0.15) is 5.26 Å². The van der Waals surface area contributed by atoms with Gasteiger partial charge in [0.2, 0.25) is 5.95 Å². The first-order valence-electron chi connectivity index (χ1n) is 9.95. The van der Waals surface area contributed by atoms with E-state index in [9.17, 15) is 0 Å². The van der Waals surface area contributed by atoms with Gasteiger partial charge in [0.25, 0.3) is 0 Å². The van der Waals surface area contributed by atoms with Crippen LogP contribution < -0.4 is 10.2 Å². The molecular formula is C22H24N8. The SMILES string of the molecule is CN(C)c1ncc(CN2CCC[C@H]2c2cccc(Nc3ccc(C#N)nc3)n2)cn1. The summed E-state index contributed by atoms with van der Waals surface area (Å²) < 4.78 is 0. The molecule has 1 atom stereocenters. The topological polar surface area (TPSA) is 93.9 Å². The minimum atomic E-state index is 0.263. The van der Waals surface area contributed by atoms with E-state index in [0.717, 1.165) is 54.6 Å². The summed E-state index contributed by atoms with van der Waals surface area (Å²) in [5, 5.41) is 12.2. The lowest BCUT2D eigenvalue weighted by atomic mass is 10.1. The number of nitriles is 1. The van der Waals surface area contributed by atoms with Gasteiger partial charge in [0.1, 0.15) is 17.6 Å². The Hall–Kier alpha value is -3.57. The molecule has 4 rings (SSSR count). The number of anilines is 3. The molecule has 30 heavy (non-hydrogen) atoms. The van der Waals surface area contributed by atoms with E-state index in [0.29, 0.717) is 5.69 Å². The van der Waals surface area contributed by atoms with Gasteiger partial charge in [0, 0.05) is 38.6 Å². The van der Waals surface area contributed by atoms with Gasteiger partial charge < -0.3 is 10.2 Å². The van der Waals surface area contributed by atoms with E-state index < -0.39 is 0 Å². The van der Waals surface area contributed by atoms with Crippen molar-refractivity contribution < 1.29 is 0 Å². The highest BCUT2D eigenvalue weighted by Gasteiger charge is 2.27. The van der Waals surface area contributed by atoms with Crippen LogP contribution >= 0.6 is 0 Å². The van der Waals surface area contributed by atoms with Crippen molar-refractivity contribution in [2.75, 3.05) is 30.9 Å². The van der Waals surface area contributed by atoms with Crippen LogP contribution in [0.1, 0.15) is 35.8 Å². The van der Waals surface area contributed by atoms with E-state index in [1.54, 1.807) is 12.3 Å². The van der Waals surface area contributed by atoms with Crippen LogP contribution in [-0.4, -0.2) is 45.5 Å². The molecule has 152 valence electrons. The normalized spacial score (nSPS) is 16.2. The van der Waals surface area contributed by atoms with E-state index in [2.05, 4.69) is 31.2 Å². The molecule has 0 bridgehead atoms. The number of rotatable bonds is 6. The van der Waals surface area contributed by atoms with Gasteiger partial charge >= 0.3 is 0 Å². The molecule has 1 saturated heterocycles. The van der Waals surface area contributed by atoms with Gasteiger partial charge in [-0.15, -0.1) is 0 Å². The second-order valence-corrected chi connectivity index (χ2v) is 7.53. The molecule has 0 amide bonds. The van der Waals surface area contributed by atoms with Crippen LogP contribution in [0.5, 0.6) is 0 Å². The molecule has 0 unspecified atom stereocenters. The van der Waals surface area contributed by atoms with Crippen LogP contribution in [0.3, 0.4) is 0 Å². The van der Waals surface area contributed by atoms with E-state index in [-0.39, 0.29) is 6.04 Å². The zero-order valence-electron chi connectivity index (χ0n) is 17.2. The Balaban J connectivity index is 1.47. The molecule has 1 aliphatic heterocycles. The van der Waals surface area contributed by atoms with Crippen molar-refractivity contribution in [3.8, 4) is 6.07 Å². The van der Waals surface area contributed by atoms with Gasteiger partial charge in [-0.3, -0.25) is 4.90 Å². The summed E-state index contributed by atoms with van der Waals surface area (Å²) in [6.07, 6.45) is 7.67. The third kappa shape index (κ3) is 4.53. The lowest BCUT2D eigenvalue weighted by Crippen LogP contribution is -2.24. The van der Waals surface area contributed by atoms with Crippen LogP contribution in [0.15, 0.2) is 48.9 Å². The molecule has 3 aromatic heterocycles. The molecule has 0 spiro atoms. The molecule has 3 aromatic rings. The second kappa shape index (κ2) is 8.84. The number of nitrogens with zero attached hydrogens (tertiary/aromatic N) is 7. The Labute approximate surface area is 176 Å². The summed E-state index contributed by atoms with van der Waals surface area (Å²) >= 11 is 0. The molecule has 4 heterocycles. The fraction of sp³-hybridized carbons (Fsp3) is 0.318. The highest BCUT2D eigenvalue weighted by molar-refractivity contribution is 5.55. The third-order valence-corrected chi connectivity index (χ3v) is 5.10. The average Bonchev–Trinajstić information content (AvgIpc) is 3.23. The third-order valence-electron chi connectivity index (χ3n) is 5.10. The first kappa shape index (κ1) is 19.7. The lowest BCUT2D eigenvalue weighted by molar-refractivity contribution is 0.244. The number of hydrogen-bond acceptors (Lipinski definition) is 8. The fourth-order valence-electron chi connectivity index (χ4n) is 3.63. The smallest absolute Gasteiger partial charge is 0.224 e. The van der Waals surface area contributed by atoms with Crippen molar-refractivity contribution in [2.45, 2.75) is 25.4 Å². The molecule has 0 aromatic carbocycles. The first-order chi connectivity index (χ1) is 14.6. The van der Waals surface area contributed by atoms with Crippen molar-refractivity contribution in [1.29, 1.82) is 5.26 Å². The quantitative estimate of drug-likeness (QED) is 0.674. The van der Waals surface area contributed by atoms with E-state index in [1.165, 1.54) is 0 Å². The van der Waals surface area contributed by atoms with Crippen molar-refractivity contribution in [1.82, 2.24) is 24.8 Å². The second-order valence-electron chi connectivity index (χ2n) is 7.53. The van der Waals surface area contributed by atoms with Crippen LogP contribution in [0, 0.1) is 11.3 Å². The van der Waals surface area contributed by atoms with Crippen molar-refractivity contribution in [3.05, 3.63) is 65.9 Å². The molecule has 0 aliphatic carbocycles. The Kier molecular flexibility index (Phi) is 5.82. The zero-order valence-corrected chi connectivity index (χ0v) is 17.2. The highest BCUT2D eigenvalue weighted by Crippen LogP contribution is 2.32. The molecule has 8 nitrogen and oxygen atoms in total. The van der Waals surface area contributed by atoms with Gasteiger partial charge in [-0.1, -0.05) is 6.07 Å². The predicted octanol–water partition coefficient (Wildman–Crippen LogP) is 3.28. The maximum Gasteiger partial charge on any atom is 0.224 e. The summed E-state index contributed by atoms with van der Waals surface area (Å²) in [7, 11) is 3.87. The van der Waals surface area contributed by atoms with Crippen LogP contribution in [0.4, 0.5) is 17.5 Å². The Bertz CT molecular complexity index is 1020. The van der Waals surface area contributed by atoms with Crippen LogP contribution in [0.25, 0.3) is 0 Å². The minimum Gasteiger partial charge on any atom is -0.347 e. The molecule has 0 saturated carbocycles. The molecule has 1 fully saturated rings. The summed E-state index contributed by atoms with van der Waals surface area (Å²) in [5.41, 5.74) is 3.35.